The quantitative estimate of drug-likeness (QED) is 0.761. The van der Waals surface area contributed by atoms with Crippen molar-refractivity contribution in [2.24, 2.45) is 0 Å². The van der Waals surface area contributed by atoms with Crippen LogP contribution in [0, 0.1) is 5.82 Å². The molecule has 72 valence electrons. The number of phenols is 1. The van der Waals surface area contributed by atoms with Crippen LogP contribution in [-0.4, -0.2) is 15.2 Å². The highest BCUT2D eigenvalue weighted by Gasteiger charge is 2.09. The zero-order valence-electron chi connectivity index (χ0n) is 6.94. The Bertz CT molecular complexity index is 470. The van der Waals surface area contributed by atoms with Crippen molar-refractivity contribution in [3.63, 3.8) is 0 Å². The summed E-state index contributed by atoms with van der Waals surface area (Å²) in [6.07, 6.45) is 0. The number of hydrogen-bond donors (Lipinski definition) is 2. The number of aromatic hydroxyl groups is 2. The smallest absolute Gasteiger partial charge is 0.222 e. The monoisotopic (exact) mass is 211 g/mol. The van der Waals surface area contributed by atoms with E-state index in [0.29, 0.717) is 5.01 Å². The SMILES string of the molecule is Oc1ccc(-c2nc(O)cs2)c(F)c1. The van der Waals surface area contributed by atoms with Crippen LogP contribution >= 0.6 is 11.3 Å². The van der Waals surface area contributed by atoms with Crippen molar-refractivity contribution in [2.45, 2.75) is 0 Å². The molecule has 0 unspecified atom stereocenters. The van der Waals surface area contributed by atoms with Gasteiger partial charge in [0.25, 0.3) is 0 Å². The Morgan fingerprint density at radius 2 is 2.07 bits per heavy atom. The van der Waals surface area contributed by atoms with E-state index < -0.39 is 5.82 Å². The lowest BCUT2D eigenvalue weighted by Crippen LogP contribution is -1.82. The molecule has 0 saturated heterocycles. The molecule has 0 saturated carbocycles. The highest BCUT2D eigenvalue weighted by atomic mass is 32.1. The fourth-order valence-electron chi connectivity index (χ4n) is 1.07. The predicted octanol–water partition coefficient (Wildman–Crippen LogP) is 2.36. The van der Waals surface area contributed by atoms with Gasteiger partial charge in [0.2, 0.25) is 5.88 Å². The first-order valence-electron chi connectivity index (χ1n) is 3.80. The number of phenolic OH excluding ortho intramolecular Hbond substituents is 1. The largest absolute Gasteiger partial charge is 0.508 e. The van der Waals surface area contributed by atoms with Gasteiger partial charge in [-0.15, -0.1) is 11.3 Å². The van der Waals surface area contributed by atoms with Gasteiger partial charge in [-0.1, -0.05) is 0 Å². The van der Waals surface area contributed by atoms with Gasteiger partial charge in [-0.3, -0.25) is 0 Å². The van der Waals surface area contributed by atoms with Gasteiger partial charge in [0, 0.05) is 11.6 Å². The van der Waals surface area contributed by atoms with Crippen LogP contribution in [0.15, 0.2) is 23.6 Å². The van der Waals surface area contributed by atoms with E-state index in [1.54, 1.807) is 0 Å². The Morgan fingerprint density at radius 3 is 2.64 bits per heavy atom. The van der Waals surface area contributed by atoms with Gasteiger partial charge in [0.1, 0.15) is 16.6 Å². The molecule has 3 nitrogen and oxygen atoms in total. The first kappa shape index (κ1) is 8.96. The van der Waals surface area contributed by atoms with E-state index in [-0.39, 0.29) is 17.2 Å². The summed E-state index contributed by atoms with van der Waals surface area (Å²) < 4.78 is 13.3. The third kappa shape index (κ3) is 1.54. The lowest BCUT2D eigenvalue weighted by atomic mass is 10.2. The van der Waals surface area contributed by atoms with Crippen molar-refractivity contribution in [3.8, 4) is 22.2 Å². The Labute approximate surface area is 83.1 Å². The molecular formula is C9H6FNO2S. The minimum absolute atomic E-state index is 0.127. The van der Waals surface area contributed by atoms with E-state index in [2.05, 4.69) is 4.98 Å². The number of thiazole rings is 1. The Morgan fingerprint density at radius 1 is 1.29 bits per heavy atom. The van der Waals surface area contributed by atoms with Gasteiger partial charge in [0.05, 0.1) is 5.38 Å². The summed E-state index contributed by atoms with van der Waals surface area (Å²) in [5.41, 5.74) is 0.271. The maximum atomic E-state index is 13.3. The van der Waals surface area contributed by atoms with Crippen molar-refractivity contribution >= 4 is 11.3 Å². The van der Waals surface area contributed by atoms with E-state index >= 15 is 0 Å². The maximum Gasteiger partial charge on any atom is 0.222 e. The number of nitrogens with zero attached hydrogens (tertiary/aromatic N) is 1. The van der Waals surface area contributed by atoms with Crippen LogP contribution < -0.4 is 0 Å². The first-order valence-corrected chi connectivity index (χ1v) is 4.68. The zero-order chi connectivity index (χ0) is 10.1. The van der Waals surface area contributed by atoms with Gasteiger partial charge in [0.15, 0.2) is 0 Å². The number of halogens is 1. The minimum Gasteiger partial charge on any atom is -0.508 e. The molecule has 14 heavy (non-hydrogen) atoms. The van der Waals surface area contributed by atoms with Crippen molar-refractivity contribution in [3.05, 3.63) is 29.4 Å². The average Bonchev–Trinajstić information content (AvgIpc) is 2.51. The fourth-order valence-corrected chi connectivity index (χ4v) is 1.77. The number of hydrogen-bond acceptors (Lipinski definition) is 4. The molecule has 2 rings (SSSR count). The molecule has 0 atom stereocenters. The number of rotatable bonds is 1. The van der Waals surface area contributed by atoms with Crippen LogP contribution in [0.4, 0.5) is 4.39 Å². The molecule has 1 heterocycles. The summed E-state index contributed by atoms with van der Waals surface area (Å²) in [7, 11) is 0. The molecule has 0 spiro atoms. The minimum atomic E-state index is -0.556. The Hall–Kier alpha value is -1.62. The summed E-state index contributed by atoms with van der Waals surface area (Å²) in [4.78, 5) is 3.72. The van der Waals surface area contributed by atoms with E-state index in [1.807, 2.05) is 0 Å². The van der Waals surface area contributed by atoms with Crippen molar-refractivity contribution in [1.82, 2.24) is 4.98 Å². The van der Waals surface area contributed by atoms with E-state index in [1.165, 1.54) is 17.5 Å². The lowest BCUT2D eigenvalue weighted by Gasteiger charge is -1.98. The fraction of sp³-hybridized carbons (Fsp3) is 0. The molecule has 1 aromatic carbocycles. The van der Waals surface area contributed by atoms with Crippen LogP contribution in [0.25, 0.3) is 10.6 Å². The van der Waals surface area contributed by atoms with Gasteiger partial charge >= 0.3 is 0 Å². The van der Waals surface area contributed by atoms with Gasteiger partial charge in [-0.2, -0.15) is 0 Å². The number of aromatic nitrogens is 1. The van der Waals surface area contributed by atoms with Gasteiger partial charge < -0.3 is 10.2 Å². The second-order valence-electron chi connectivity index (χ2n) is 2.68. The van der Waals surface area contributed by atoms with Crippen LogP contribution in [0.2, 0.25) is 0 Å². The van der Waals surface area contributed by atoms with Crippen molar-refractivity contribution in [1.29, 1.82) is 0 Å². The van der Waals surface area contributed by atoms with Crippen LogP contribution in [-0.2, 0) is 0 Å². The zero-order valence-corrected chi connectivity index (χ0v) is 7.75. The summed E-state index contributed by atoms with van der Waals surface area (Å²) >= 11 is 1.14. The lowest BCUT2D eigenvalue weighted by molar-refractivity contribution is 0.457. The maximum absolute atomic E-state index is 13.3. The summed E-state index contributed by atoms with van der Waals surface area (Å²) in [6, 6.07) is 3.80. The summed E-state index contributed by atoms with van der Waals surface area (Å²) in [5.74, 6) is -0.816. The van der Waals surface area contributed by atoms with Gasteiger partial charge in [-0.25, -0.2) is 9.37 Å². The molecule has 0 amide bonds. The van der Waals surface area contributed by atoms with E-state index in [0.717, 1.165) is 17.4 Å². The van der Waals surface area contributed by atoms with E-state index in [9.17, 15) is 4.39 Å². The summed E-state index contributed by atoms with van der Waals surface area (Å²) in [5, 5.41) is 19.8. The molecule has 0 radical (unpaired) electrons. The molecule has 0 aliphatic rings. The molecule has 2 aromatic rings. The van der Waals surface area contributed by atoms with Crippen LogP contribution in [0.5, 0.6) is 11.6 Å². The highest BCUT2D eigenvalue weighted by molar-refractivity contribution is 7.13. The topological polar surface area (TPSA) is 53.4 Å². The molecule has 0 aliphatic heterocycles. The Balaban J connectivity index is 2.52. The second kappa shape index (κ2) is 3.26. The molecule has 1 aromatic heterocycles. The molecule has 2 N–H and O–H groups in total. The third-order valence-electron chi connectivity index (χ3n) is 1.68. The summed E-state index contributed by atoms with van der Waals surface area (Å²) in [6.45, 7) is 0. The standard InChI is InChI=1S/C9H6FNO2S/c10-7-3-5(12)1-2-6(7)9-11-8(13)4-14-9/h1-4,12-13H. The second-order valence-corrected chi connectivity index (χ2v) is 3.53. The highest BCUT2D eigenvalue weighted by Crippen LogP contribution is 2.29. The van der Waals surface area contributed by atoms with Crippen molar-refractivity contribution < 1.29 is 14.6 Å². The molecular weight excluding hydrogens is 205 g/mol. The van der Waals surface area contributed by atoms with E-state index in [4.69, 9.17) is 10.2 Å². The molecule has 0 fully saturated rings. The molecule has 5 heteroatoms. The normalized spacial score (nSPS) is 10.4. The van der Waals surface area contributed by atoms with Crippen LogP contribution in [0.3, 0.4) is 0 Å². The third-order valence-corrected chi connectivity index (χ3v) is 2.54. The van der Waals surface area contributed by atoms with Crippen LogP contribution in [0.1, 0.15) is 0 Å². The molecule has 0 bridgehead atoms. The average molecular weight is 211 g/mol. The Kier molecular flexibility index (Phi) is 2.09. The van der Waals surface area contributed by atoms with Crippen molar-refractivity contribution in [2.75, 3.05) is 0 Å². The van der Waals surface area contributed by atoms with Gasteiger partial charge in [-0.05, 0) is 12.1 Å². The molecule has 0 aliphatic carbocycles. The number of benzene rings is 1. The predicted molar refractivity (Wildman–Crippen MR) is 50.8 cm³/mol. The first-order chi connectivity index (χ1) is 6.66.